The summed E-state index contributed by atoms with van der Waals surface area (Å²) in [5, 5.41) is 10.9. The molecule has 0 saturated carbocycles. The van der Waals surface area contributed by atoms with E-state index < -0.39 is 23.9 Å². The number of amides is 4. The summed E-state index contributed by atoms with van der Waals surface area (Å²) in [6.45, 7) is 7.25. The quantitative estimate of drug-likeness (QED) is 0.186. The molecule has 2 unspecified atom stereocenters. The number of anilines is 3. The zero-order chi connectivity index (χ0) is 44.8. The maximum atomic E-state index is 13.9. The molecule has 3 fully saturated rings. The summed E-state index contributed by atoms with van der Waals surface area (Å²) in [4.78, 5) is 72.8. The third-order valence-electron chi connectivity index (χ3n) is 13.5. The largest absolute Gasteiger partial charge is 0.383 e. The second kappa shape index (κ2) is 17.6. The van der Waals surface area contributed by atoms with Crippen LogP contribution in [-0.4, -0.2) is 130 Å². The van der Waals surface area contributed by atoms with Gasteiger partial charge in [-0.15, -0.1) is 0 Å². The predicted molar refractivity (Wildman–Crippen MR) is 241 cm³/mol. The standard InChI is InChI=1S/C47H51FN12O5/c1-65-38-11-6-32(48)21-36(38)45(62)51-22-28-2-4-30(5-3-28)42-41-43(49)52-27-53-44(41)60(55-42)34-8-12-39(50-23-34)58-15-14-29(25-58)24-56-16-18-57(19-17-56)33-7-9-35-31(20-33)26-59(47(35)64)37-10-13-40(61)54-46(37)63/h2,4-9,12,20-21,23,27-29,37-38H,3,10-11,13-19,22,24-26H2,1H3,(H,51,62)(H2,49,52,53)(H,54,61,63)/t28?,29-,37-,38?/m0/s1. The lowest BCUT2D eigenvalue weighted by atomic mass is 9.94. The number of ether oxygens (including phenoxy) is 1. The molecule has 3 saturated heterocycles. The van der Waals surface area contributed by atoms with Crippen LogP contribution in [0.15, 0.2) is 84.6 Å². The maximum Gasteiger partial charge on any atom is 0.255 e. The lowest BCUT2D eigenvalue weighted by Crippen LogP contribution is -2.52. The molecule has 6 aliphatic rings. The van der Waals surface area contributed by atoms with Gasteiger partial charge in [0, 0.05) is 89.3 Å². The molecule has 0 radical (unpaired) electrons. The number of allylic oxidation sites excluding steroid dienone is 5. The Kier molecular flexibility index (Phi) is 11.5. The number of aromatic nitrogens is 5. The molecule has 2 aliphatic carbocycles. The Morgan fingerprint density at radius 2 is 1.83 bits per heavy atom. The smallest absolute Gasteiger partial charge is 0.255 e. The Labute approximate surface area is 374 Å². The van der Waals surface area contributed by atoms with E-state index in [1.165, 1.54) is 25.6 Å². The van der Waals surface area contributed by atoms with Gasteiger partial charge in [-0.25, -0.2) is 24.0 Å². The number of rotatable bonds is 11. The van der Waals surface area contributed by atoms with Crippen molar-refractivity contribution in [2.45, 2.75) is 50.8 Å². The molecule has 4 atom stereocenters. The molecule has 3 aromatic heterocycles. The lowest BCUT2D eigenvalue weighted by Gasteiger charge is -2.37. The summed E-state index contributed by atoms with van der Waals surface area (Å²) in [5.41, 5.74) is 12.2. The fourth-order valence-electron chi connectivity index (χ4n) is 9.95. The lowest BCUT2D eigenvalue weighted by molar-refractivity contribution is -0.137. The van der Waals surface area contributed by atoms with Gasteiger partial charge < -0.3 is 30.5 Å². The van der Waals surface area contributed by atoms with Crippen LogP contribution in [0.5, 0.6) is 0 Å². The van der Waals surface area contributed by atoms with E-state index in [0.717, 1.165) is 80.6 Å². The van der Waals surface area contributed by atoms with E-state index in [9.17, 15) is 23.6 Å². The summed E-state index contributed by atoms with van der Waals surface area (Å²) >= 11 is 0. The minimum atomic E-state index is -0.617. The summed E-state index contributed by atoms with van der Waals surface area (Å²) in [7, 11) is 1.51. The summed E-state index contributed by atoms with van der Waals surface area (Å²) in [5.74, 6) is 0.164. The zero-order valence-corrected chi connectivity index (χ0v) is 36.2. The number of piperidine rings is 1. The number of nitrogen functional groups attached to an aromatic ring is 1. The molecule has 17 nitrogen and oxygen atoms in total. The molecule has 18 heteroatoms. The van der Waals surface area contributed by atoms with Crippen LogP contribution >= 0.6 is 0 Å². The predicted octanol–water partition coefficient (Wildman–Crippen LogP) is 3.48. The van der Waals surface area contributed by atoms with Crippen molar-refractivity contribution in [3.63, 3.8) is 0 Å². The van der Waals surface area contributed by atoms with Crippen molar-refractivity contribution in [3.8, 4) is 5.69 Å². The normalized spacial score (nSPS) is 23.7. The van der Waals surface area contributed by atoms with E-state index in [1.807, 2.05) is 42.6 Å². The van der Waals surface area contributed by atoms with E-state index in [1.54, 1.807) is 9.58 Å². The molecule has 10 rings (SSSR count). The number of methoxy groups -OCH3 is 1. The number of nitrogens with zero attached hydrogens (tertiary/aromatic N) is 9. The van der Waals surface area contributed by atoms with Gasteiger partial charge in [0.2, 0.25) is 17.7 Å². The van der Waals surface area contributed by atoms with Crippen LogP contribution in [0, 0.1) is 11.8 Å². The van der Waals surface area contributed by atoms with E-state index in [-0.39, 0.29) is 35.6 Å². The summed E-state index contributed by atoms with van der Waals surface area (Å²) < 4.78 is 21.0. The van der Waals surface area contributed by atoms with Crippen LogP contribution in [0.2, 0.25) is 0 Å². The molecule has 4 aliphatic heterocycles. The van der Waals surface area contributed by atoms with Crippen LogP contribution in [0.4, 0.5) is 21.7 Å². The number of hydrogen-bond donors (Lipinski definition) is 3. The number of nitrogens with one attached hydrogen (secondary N) is 2. The average molecular weight is 883 g/mol. The molecule has 0 bridgehead atoms. The molecule has 7 heterocycles. The fourth-order valence-corrected chi connectivity index (χ4v) is 9.95. The zero-order valence-electron chi connectivity index (χ0n) is 36.2. The van der Waals surface area contributed by atoms with Gasteiger partial charge in [-0.2, -0.15) is 5.10 Å². The first kappa shape index (κ1) is 42.2. The van der Waals surface area contributed by atoms with Gasteiger partial charge in [0.1, 0.15) is 35.5 Å². The van der Waals surface area contributed by atoms with Crippen LogP contribution in [0.3, 0.4) is 0 Å². The molecule has 4 N–H and O–H groups in total. The number of pyridine rings is 1. The molecule has 65 heavy (non-hydrogen) atoms. The minimum absolute atomic E-state index is 0.0301. The van der Waals surface area contributed by atoms with Crippen molar-refractivity contribution in [3.05, 3.63) is 101 Å². The number of carbonyl (C=O) groups excluding carboxylic acids is 4. The van der Waals surface area contributed by atoms with E-state index in [0.29, 0.717) is 66.4 Å². The SMILES string of the molecule is COC1CC=C(F)C=C1C(=O)NCC1C=CC(c2nn(-c3ccc(N4CC[C@@H](CN5CCN(c6ccc7c(c6)CN([C@H]6CCC(=O)NC6=O)C7=O)CC5)C4)nc3)c3ncnc(N)c23)=CC1. The Morgan fingerprint density at radius 1 is 0.985 bits per heavy atom. The number of piperazine rings is 1. The van der Waals surface area contributed by atoms with Crippen molar-refractivity contribution in [1.29, 1.82) is 0 Å². The summed E-state index contributed by atoms with van der Waals surface area (Å²) in [6, 6.07) is 9.40. The molecule has 1 aromatic carbocycles. The van der Waals surface area contributed by atoms with Crippen LogP contribution in [-0.2, 0) is 25.7 Å². The number of benzene rings is 1. The minimum Gasteiger partial charge on any atom is -0.383 e. The highest BCUT2D eigenvalue weighted by atomic mass is 19.1. The first-order chi connectivity index (χ1) is 31.6. The van der Waals surface area contributed by atoms with Gasteiger partial charge in [-0.1, -0.05) is 18.2 Å². The van der Waals surface area contributed by atoms with Crippen LogP contribution in [0.1, 0.15) is 53.7 Å². The second-order valence-corrected chi connectivity index (χ2v) is 17.6. The van der Waals surface area contributed by atoms with Gasteiger partial charge in [-0.3, -0.25) is 29.4 Å². The third kappa shape index (κ3) is 8.39. The van der Waals surface area contributed by atoms with Crippen molar-refractivity contribution >= 4 is 57.6 Å². The number of nitrogens with two attached hydrogens (primary N) is 1. The van der Waals surface area contributed by atoms with Crippen molar-refractivity contribution in [2.75, 3.05) is 75.0 Å². The molecule has 4 amide bonds. The highest BCUT2D eigenvalue weighted by Gasteiger charge is 2.39. The number of carbonyl (C=O) groups is 4. The van der Waals surface area contributed by atoms with Crippen LogP contribution in [0.25, 0.3) is 22.3 Å². The molecule has 0 spiro atoms. The first-order valence-electron chi connectivity index (χ1n) is 22.3. The van der Waals surface area contributed by atoms with E-state index in [2.05, 4.69) is 47.4 Å². The van der Waals surface area contributed by atoms with Crippen molar-refractivity contribution < 1.29 is 28.3 Å². The van der Waals surface area contributed by atoms with E-state index >= 15 is 0 Å². The number of hydrogen-bond acceptors (Lipinski definition) is 13. The summed E-state index contributed by atoms with van der Waals surface area (Å²) in [6.07, 6.45) is 14.1. The van der Waals surface area contributed by atoms with Gasteiger partial charge in [0.15, 0.2) is 5.65 Å². The number of fused-ring (bicyclic) bond motifs is 2. The molecule has 336 valence electrons. The number of imide groups is 1. The van der Waals surface area contributed by atoms with Gasteiger partial charge in [-0.05, 0) is 91.1 Å². The number of halogens is 1. The Hall–Kier alpha value is -6.79. The van der Waals surface area contributed by atoms with Crippen molar-refractivity contribution in [1.82, 2.24) is 45.2 Å². The topological polar surface area (TPSA) is 197 Å². The second-order valence-electron chi connectivity index (χ2n) is 17.6. The molecular formula is C47H51FN12O5. The first-order valence-corrected chi connectivity index (χ1v) is 22.3. The maximum absolute atomic E-state index is 13.9. The fraction of sp³-hybridized carbons (Fsp3) is 0.404. The highest BCUT2D eigenvalue weighted by Crippen LogP contribution is 2.34. The van der Waals surface area contributed by atoms with Gasteiger partial charge >= 0.3 is 0 Å². The molecular weight excluding hydrogens is 832 g/mol. The van der Waals surface area contributed by atoms with Gasteiger partial charge in [0.25, 0.3) is 5.91 Å². The van der Waals surface area contributed by atoms with Crippen LogP contribution < -0.4 is 26.2 Å². The average Bonchev–Trinajstić information content (AvgIpc) is 4.05. The third-order valence-corrected chi connectivity index (χ3v) is 13.5. The Morgan fingerprint density at radius 3 is 2.60 bits per heavy atom. The van der Waals surface area contributed by atoms with E-state index in [4.69, 9.17) is 20.6 Å². The highest BCUT2D eigenvalue weighted by molar-refractivity contribution is 6.05. The molecule has 4 aromatic rings. The van der Waals surface area contributed by atoms with Crippen molar-refractivity contribution in [2.24, 2.45) is 11.8 Å². The van der Waals surface area contributed by atoms with Gasteiger partial charge in [0.05, 0.1) is 23.4 Å². The Bertz CT molecular complexity index is 2690. The monoisotopic (exact) mass is 882 g/mol. The Balaban J connectivity index is 0.730.